The molecule has 0 aliphatic carbocycles. The van der Waals surface area contributed by atoms with Crippen LogP contribution in [0.15, 0.2) is 0 Å². The zero-order chi connectivity index (χ0) is 43.8. The monoisotopic (exact) mass is 849 g/mol. The van der Waals surface area contributed by atoms with Gasteiger partial charge in [0.05, 0.1) is 0 Å². The van der Waals surface area contributed by atoms with E-state index in [1.807, 2.05) is 0 Å². The number of carbonyl (C=O) groups is 3. The second-order valence-electron chi connectivity index (χ2n) is 19.0. The van der Waals surface area contributed by atoms with Gasteiger partial charge in [-0.05, 0) is 25.2 Å². The van der Waals surface area contributed by atoms with Gasteiger partial charge in [-0.2, -0.15) is 0 Å². The molecule has 0 fully saturated rings. The lowest BCUT2D eigenvalue weighted by atomic mass is 10.0. The van der Waals surface area contributed by atoms with E-state index in [2.05, 4.69) is 27.7 Å². The Balaban J connectivity index is 4.16. The van der Waals surface area contributed by atoms with Crippen LogP contribution >= 0.6 is 0 Å². The van der Waals surface area contributed by atoms with Crippen LogP contribution in [0.1, 0.15) is 304 Å². The third-order valence-electron chi connectivity index (χ3n) is 12.3. The molecule has 0 aromatic rings. The van der Waals surface area contributed by atoms with Crippen LogP contribution < -0.4 is 0 Å². The number of hydrogen-bond acceptors (Lipinski definition) is 6. The zero-order valence-electron chi connectivity index (χ0n) is 40.9. The maximum atomic E-state index is 12.8. The molecule has 6 nitrogen and oxygen atoms in total. The van der Waals surface area contributed by atoms with Crippen LogP contribution in [0.25, 0.3) is 0 Å². The molecular formula is C54H104O6. The maximum absolute atomic E-state index is 12.8. The van der Waals surface area contributed by atoms with E-state index >= 15 is 0 Å². The minimum Gasteiger partial charge on any atom is -0.462 e. The summed E-state index contributed by atoms with van der Waals surface area (Å²) in [6.07, 6.45) is 51.1. The van der Waals surface area contributed by atoms with Crippen LogP contribution in [-0.4, -0.2) is 37.2 Å². The Morgan fingerprint density at radius 2 is 0.550 bits per heavy atom. The Morgan fingerprint density at radius 1 is 0.317 bits per heavy atom. The Hall–Kier alpha value is -1.59. The zero-order valence-corrected chi connectivity index (χ0v) is 40.9. The minimum absolute atomic E-state index is 0.0630. The van der Waals surface area contributed by atoms with Crippen LogP contribution in [0.3, 0.4) is 0 Å². The fourth-order valence-corrected chi connectivity index (χ4v) is 8.22. The topological polar surface area (TPSA) is 78.9 Å². The first-order valence-electron chi connectivity index (χ1n) is 26.9. The first-order chi connectivity index (χ1) is 29.4. The molecule has 0 spiro atoms. The minimum atomic E-state index is -0.760. The Bertz CT molecular complexity index is 903. The molecule has 0 rings (SSSR count). The van der Waals surface area contributed by atoms with Gasteiger partial charge in [-0.15, -0.1) is 0 Å². The Labute approximate surface area is 374 Å². The number of unbranched alkanes of at least 4 members (excludes halogenated alkanes) is 36. The predicted octanol–water partition coefficient (Wildman–Crippen LogP) is 17.5. The van der Waals surface area contributed by atoms with Crippen molar-refractivity contribution in [3.8, 4) is 0 Å². The lowest BCUT2D eigenvalue weighted by molar-refractivity contribution is -0.167. The summed E-state index contributed by atoms with van der Waals surface area (Å²) >= 11 is 0. The van der Waals surface area contributed by atoms with E-state index in [0.29, 0.717) is 19.3 Å². The lowest BCUT2D eigenvalue weighted by Crippen LogP contribution is -2.30. The van der Waals surface area contributed by atoms with Crippen LogP contribution in [0.5, 0.6) is 0 Å². The molecule has 0 heterocycles. The normalized spacial score (nSPS) is 11.9. The molecule has 0 aliphatic heterocycles. The Kier molecular flexibility index (Phi) is 47.2. The van der Waals surface area contributed by atoms with E-state index in [4.69, 9.17) is 14.2 Å². The summed E-state index contributed by atoms with van der Waals surface area (Å²) in [4.78, 5) is 37.8. The summed E-state index contributed by atoms with van der Waals surface area (Å²) in [6, 6.07) is 0. The summed E-state index contributed by atoms with van der Waals surface area (Å²) in [5.41, 5.74) is 0. The fourth-order valence-electron chi connectivity index (χ4n) is 8.22. The molecule has 0 saturated carbocycles. The third kappa shape index (κ3) is 47.5. The van der Waals surface area contributed by atoms with Gasteiger partial charge < -0.3 is 14.2 Å². The van der Waals surface area contributed by atoms with Gasteiger partial charge in [0.2, 0.25) is 0 Å². The van der Waals surface area contributed by atoms with E-state index in [9.17, 15) is 14.4 Å². The van der Waals surface area contributed by atoms with Crippen molar-refractivity contribution in [3.05, 3.63) is 0 Å². The Morgan fingerprint density at radius 3 is 0.817 bits per heavy atom. The van der Waals surface area contributed by atoms with E-state index < -0.39 is 6.10 Å². The SMILES string of the molecule is CCCCCCCCCCCCCCCCCCCCCC(=O)OC[C@@H](COC(=O)CCCCCCCCC)OC(=O)CCCCCCCCCCCCCCCC(C)C. The van der Waals surface area contributed by atoms with Crippen molar-refractivity contribution in [2.75, 3.05) is 13.2 Å². The molecule has 6 heteroatoms. The van der Waals surface area contributed by atoms with Gasteiger partial charge in [-0.3, -0.25) is 14.4 Å². The van der Waals surface area contributed by atoms with E-state index in [1.54, 1.807) is 0 Å². The van der Waals surface area contributed by atoms with Gasteiger partial charge in [0.15, 0.2) is 6.10 Å². The molecule has 0 radical (unpaired) electrons. The van der Waals surface area contributed by atoms with Crippen molar-refractivity contribution >= 4 is 17.9 Å². The number of hydrogen-bond donors (Lipinski definition) is 0. The molecule has 0 aliphatic rings. The van der Waals surface area contributed by atoms with Crippen LogP contribution in [0.2, 0.25) is 0 Å². The van der Waals surface area contributed by atoms with Crippen LogP contribution in [0.4, 0.5) is 0 Å². The largest absolute Gasteiger partial charge is 0.462 e. The van der Waals surface area contributed by atoms with Gasteiger partial charge in [0.1, 0.15) is 13.2 Å². The predicted molar refractivity (Wildman–Crippen MR) is 257 cm³/mol. The molecule has 60 heavy (non-hydrogen) atoms. The molecule has 0 unspecified atom stereocenters. The molecule has 0 N–H and O–H groups in total. The standard InChI is InChI=1S/C54H104O6/c1-5-7-9-11-13-14-15-16-17-18-19-20-21-24-27-30-34-38-42-46-53(56)59-49-51(48-58-52(55)45-41-37-32-12-10-8-6-2)60-54(57)47-43-39-35-31-28-25-22-23-26-29-33-36-40-44-50(3)4/h50-51H,5-49H2,1-4H3/t51-/m1/s1. The average molecular weight is 849 g/mol. The van der Waals surface area contributed by atoms with Crippen LogP contribution in [0, 0.1) is 5.92 Å². The molecular weight excluding hydrogens is 745 g/mol. The van der Waals surface area contributed by atoms with Crippen LogP contribution in [-0.2, 0) is 28.6 Å². The van der Waals surface area contributed by atoms with Crippen molar-refractivity contribution in [1.29, 1.82) is 0 Å². The first-order valence-corrected chi connectivity index (χ1v) is 26.9. The highest BCUT2D eigenvalue weighted by atomic mass is 16.6. The van der Waals surface area contributed by atoms with Gasteiger partial charge >= 0.3 is 17.9 Å². The lowest BCUT2D eigenvalue weighted by Gasteiger charge is -2.18. The second-order valence-corrected chi connectivity index (χ2v) is 19.0. The smallest absolute Gasteiger partial charge is 0.306 e. The summed E-state index contributed by atoms with van der Waals surface area (Å²) in [6.45, 7) is 9.00. The molecule has 0 amide bonds. The highest BCUT2D eigenvalue weighted by Gasteiger charge is 2.19. The summed E-state index contributed by atoms with van der Waals surface area (Å²) in [5, 5.41) is 0. The molecule has 1 atom stereocenters. The van der Waals surface area contributed by atoms with Gasteiger partial charge in [0.25, 0.3) is 0 Å². The number of rotatable bonds is 49. The quantitative estimate of drug-likeness (QED) is 0.0345. The summed E-state index contributed by atoms with van der Waals surface area (Å²) in [7, 11) is 0. The van der Waals surface area contributed by atoms with Gasteiger partial charge in [-0.25, -0.2) is 0 Å². The van der Waals surface area contributed by atoms with Crippen molar-refractivity contribution in [1.82, 2.24) is 0 Å². The highest BCUT2D eigenvalue weighted by Crippen LogP contribution is 2.17. The van der Waals surface area contributed by atoms with Gasteiger partial charge in [0, 0.05) is 19.3 Å². The van der Waals surface area contributed by atoms with Crippen molar-refractivity contribution in [2.45, 2.75) is 310 Å². The number of carbonyl (C=O) groups excluding carboxylic acids is 3. The van der Waals surface area contributed by atoms with Crippen molar-refractivity contribution in [2.24, 2.45) is 5.92 Å². The number of esters is 3. The van der Waals surface area contributed by atoms with Crippen molar-refractivity contribution < 1.29 is 28.6 Å². The summed E-state index contributed by atoms with van der Waals surface area (Å²) < 4.78 is 16.8. The molecule has 0 bridgehead atoms. The number of ether oxygens (including phenoxy) is 3. The molecule has 0 saturated heterocycles. The molecule has 356 valence electrons. The van der Waals surface area contributed by atoms with Gasteiger partial charge in [-0.1, -0.05) is 265 Å². The average Bonchev–Trinajstić information content (AvgIpc) is 3.23. The third-order valence-corrected chi connectivity index (χ3v) is 12.3. The molecule has 0 aromatic carbocycles. The highest BCUT2D eigenvalue weighted by molar-refractivity contribution is 5.71. The van der Waals surface area contributed by atoms with E-state index in [0.717, 1.165) is 63.7 Å². The fraction of sp³-hybridized carbons (Fsp3) is 0.944. The van der Waals surface area contributed by atoms with E-state index in [-0.39, 0.29) is 31.1 Å². The first kappa shape index (κ1) is 58.4. The van der Waals surface area contributed by atoms with Crippen molar-refractivity contribution in [3.63, 3.8) is 0 Å². The van der Waals surface area contributed by atoms with E-state index in [1.165, 1.54) is 199 Å². The summed E-state index contributed by atoms with van der Waals surface area (Å²) in [5.74, 6) is -0.0110. The second kappa shape index (κ2) is 48.4. The molecule has 0 aromatic heterocycles. The maximum Gasteiger partial charge on any atom is 0.306 e.